The molecule has 0 aliphatic rings. The number of rotatable bonds is 6. The SMILES string of the molecule is FC(F)(F)C(F)(F)C(F)(F)C(F)(F)C(F)(F)C(F)(F)C[CH2][Sn]. The van der Waals surface area contributed by atoms with Crippen molar-refractivity contribution in [3.05, 3.63) is 0 Å². The van der Waals surface area contributed by atoms with E-state index in [1.165, 1.54) is 0 Å². The van der Waals surface area contributed by atoms with Gasteiger partial charge in [0.15, 0.2) is 0 Å². The van der Waals surface area contributed by atoms with E-state index in [2.05, 4.69) is 0 Å². The Morgan fingerprint density at radius 2 is 0.818 bits per heavy atom. The molecule has 0 nitrogen and oxygen atoms in total. The first kappa shape index (κ1) is 21.9. The zero-order valence-corrected chi connectivity index (χ0v) is 12.7. The van der Waals surface area contributed by atoms with Gasteiger partial charge < -0.3 is 0 Å². The Kier molecular flexibility index (Phi) is 5.73. The second-order valence-corrected chi connectivity index (χ2v) is 5.43. The van der Waals surface area contributed by atoms with Crippen molar-refractivity contribution in [1.82, 2.24) is 0 Å². The first-order chi connectivity index (χ1) is 9.31. The Balaban J connectivity index is 6.11. The zero-order valence-electron chi connectivity index (χ0n) is 9.83. The average molecular weight is 466 g/mol. The van der Waals surface area contributed by atoms with Crippen LogP contribution in [-0.4, -0.2) is 58.3 Å². The fourth-order valence-electron chi connectivity index (χ4n) is 1.12. The van der Waals surface area contributed by atoms with Gasteiger partial charge in [0.05, 0.1) is 0 Å². The van der Waals surface area contributed by atoms with Crippen molar-refractivity contribution in [1.29, 1.82) is 0 Å². The molecule has 0 unspecified atom stereocenters. The second kappa shape index (κ2) is 5.76. The first-order valence-corrected chi connectivity index (χ1v) is 6.93. The number of hydrogen-bond donors (Lipinski definition) is 0. The van der Waals surface area contributed by atoms with Crippen LogP contribution in [0.25, 0.3) is 0 Å². The molecule has 0 bridgehead atoms. The monoisotopic (exact) mass is 467 g/mol. The summed E-state index contributed by atoms with van der Waals surface area (Å²) in [5, 5.41) is 0. The molecule has 0 aromatic carbocycles. The molecular weight excluding hydrogens is 462 g/mol. The third-order valence-corrected chi connectivity index (χ3v) is 3.15. The van der Waals surface area contributed by atoms with E-state index >= 15 is 0 Å². The summed E-state index contributed by atoms with van der Waals surface area (Å²) in [5.41, 5.74) is 0. The van der Waals surface area contributed by atoms with E-state index in [0.29, 0.717) is 0 Å². The summed E-state index contributed by atoms with van der Waals surface area (Å²) in [7, 11) is 0. The Bertz CT molecular complexity index is 395. The summed E-state index contributed by atoms with van der Waals surface area (Å²) in [6.07, 6.45) is -9.46. The van der Waals surface area contributed by atoms with E-state index in [1.807, 2.05) is 0 Å². The molecule has 0 heterocycles. The van der Waals surface area contributed by atoms with E-state index in [-0.39, 0.29) is 22.5 Å². The number of alkyl halides is 13. The van der Waals surface area contributed by atoms with E-state index in [4.69, 9.17) is 0 Å². The van der Waals surface area contributed by atoms with E-state index in [1.54, 1.807) is 0 Å². The van der Waals surface area contributed by atoms with Crippen LogP contribution in [-0.2, 0) is 0 Å². The van der Waals surface area contributed by atoms with Gasteiger partial charge in [0, 0.05) is 0 Å². The summed E-state index contributed by atoms with van der Waals surface area (Å²) in [5.74, 6) is -36.2. The molecule has 0 saturated carbocycles. The quantitative estimate of drug-likeness (QED) is 0.394. The summed E-state index contributed by atoms with van der Waals surface area (Å²) in [6, 6.07) is 0. The molecule has 0 rings (SSSR count). The number of hydrogen-bond acceptors (Lipinski definition) is 0. The van der Waals surface area contributed by atoms with Gasteiger partial charge in [-0.05, 0) is 0 Å². The molecule has 0 aromatic heterocycles. The van der Waals surface area contributed by atoms with Gasteiger partial charge in [-0.3, -0.25) is 0 Å². The normalized spacial score (nSPS) is 16.1. The van der Waals surface area contributed by atoms with Crippen LogP contribution in [0.1, 0.15) is 6.42 Å². The molecule has 0 aliphatic heterocycles. The topological polar surface area (TPSA) is 0 Å². The van der Waals surface area contributed by atoms with Crippen LogP contribution in [0.2, 0.25) is 4.44 Å². The Labute approximate surface area is 127 Å². The fraction of sp³-hybridized carbons (Fsp3) is 1.00. The van der Waals surface area contributed by atoms with Gasteiger partial charge in [0.2, 0.25) is 0 Å². The minimum absolute atomic E-state index is 0.0919. The molecule has 0 fully saturated rings. The number of halogens is 13. The standard InChI is InChI=1S/C8H4F13.Sn/c1-2-3(9,10)4(11,12)5(13,14)6(15,16)7(17,18)8(19,20)21;/h1-2H2;. The van der Waals surface area contributed by atoms with Gasteiger partial charge in [0.1, 0.15) is 0 Å². The van der Waals surface area contributed by atoms with Crippen molar-refractivity contribution in [2.75, 3.05) is 0 Å². The molecule has 0 N–H and O–H groups in total. The maximum absolute atomic E-state index is 12.9. The first-order valence-electron chi connectivity index (χ1n) is 4.91. The van der Waals surface area contributed by atoms with E-state index in [0.717, 1.165) is 0 Å². The van der Waals surface area contributed by atoms with Crippen molar-refractivity contribution in [3.8, 4) is 0 Å². The zero-order chi connectivity index (χ0) is 18.4. The predicted molar refractivity (Wildman–Crippen MR) is 46.0 cm³/mol. The Hall–Kier alpha value is -0.111. The molecule has 14 heteroatoms. The van der Waals surface area contributed by atoms with Crippen molar-refractivity contribution >= 4 is 22.5 Å². The van der Waals surface area contributed by atoms with Crippen LogP contribution < -0.4 is 0 Å². The van der Waals surface area contributed by atoms with Crippen molar-refractivity contribution < 1.29 is 57.1 Å². The van der Waals surface area contributed by atoms with Gasteiger partial charge in [-0.15, -0.1) is 0 Å². The van der Waals surface area contributed by atoms with Gasteiger partial charge in [0.25, 0.3) is 0 Å². The van der Waals surface area contributed by atoms with E-state index < -0.39 is 46.6 Å². The van der Waals surface area contributed by atoms with Crippen molar-refractivity contribution in [2.45, 2.75) is 46.6 Å². The van der Waals surface area contributed by atoms with Crippen LogP contribution in [0, 0.1) is 0 Å². The van der Waals surface area contributed by atoms with Gasteiger partial charge in [-0.25, -0.2) is 0 Å². The van der Waals surface area contributed by atoms with Crippen molar-refractivity contribution in [3.63, 3.8) is 0 Å². The average Bonchev–Trinajstić information content (AvgIpc) is 2.26. The van der Waals surface area contributed by atoms with Crippen LogP contribution in [0.5, 0.6) is 0 Å². The predicted octanol–water partition coefficient (Wildman–Crippen LogP) is 4.70. The van der Waals surface area contributed by atoms with Crippen molar-refractivity contribution in [2.24, 2.45) is 0 Å². The summed E-state index contributed by atoms with van der Waals surface area (Å²) in [4.78, 5) is 0. The van der Waals surface area contributed by atoms with Crippen LogP contribution >= 0.6 is 0 Å². The van der Waals surface area contributed by atoms with Crippen LogP contribution in [0.4, 0.5) is 57.1 Å². The van der Waals surface area contributed by atoms with Gasteiger partial charge in [-0.1, -0.05) is 0 Å². The molecule has 0 spiro atoms. The summed E-state index contributed by atoms with van der Waals surface area (Å²) < 4.78 is 162. The molecule has 0 atom stereocenters. The molecule has 0 saturated heterocycles. The molecule has 0 amide bonds. The summed E-state index contributed by atoms with van der Waals surface area (Å²) >= 11 is 0.0919. The van der Waals surface area contributed by atoms with Gasteiger partial charge in [-0.2, -0.15) is 0 Å². The molecule has 3 radical (unpaired) electrons. The Morgan fingerprint density at radius 1 is 0.500 bits per heavy atom. The third-order valence-electron chi connectivity index (χ3n) is 2.44. The van der Waals surface area contributed by atoms with Crippen LogP contribution in [0.3, 0.4) is 0 Å². The van der Waals surface area contributed by atoms with Gasteiger partial charge >= 0.3 is 126 Å². The fourth-order valence-corrected chi connectivity index (χ4v) is 2.01. The maximum atomic E-state index is 12.9. The second-order valence-electron chi connectivity index (χ2n) is 4.00. The minimum atomic E-state index is -7.80. The molecule has 0 aliphatic carbocycles. The Morgan fingerprint density at radius 3 is 1.09 bits per heavy atom. The van der Waals surface area contributed by atoms with E-state index in [9.17, 15) is 57.1 Å². The summed E-state index contributed by atoms with van der Waals surface area (Å²) in [6.45, 7) is 0. The third kappa shape index (κ3) is 2.97. The molecular formula is C8H4F13Sn. The molecule has 131 valence electrons. The van der Waals surface area contributed by atoms with Crippen LogP contribution in [0.15, 0.2) is 0 Å². The molecule has 0 aromatic rings. The molecule has 22 heavy (non-hydrogen) atoms.